The Hall–Kier alpha value is -3.48. The lowest BCUT2D eigenvalue weighted by Gasteiger charge is -2.31. The molecule has 1 saturated heterocycles. The number of halogens is 5. The number of rotatable bonds is 4. The highest BCUT2D eigenvalue weighted by molar-refractivity contribution is 5.97. The van der Waals surface area contributed by atoms with Gasteiger partial charge >= 0.3 is 12.1 Å². The second-order valence-corrected chi connectivity index (χ2v) is 7.74. The topological polar surface area (TPSA) is 129 Å². The van der Waals surface area contributed by atoms with Gasteiger partial charge in [0.05, 0.1) is 5.69 Å². The lowest BCUT2D eigenvalue weighted by atomic mass is 9.77. The third kappa shape index (κ3) is 4.03. The molecule has 2 heterocycles. The van der Waals surface area contributed by atoms with E-state index in [1.54, 1.807) is 0 Å². The number of carbonyl (C=O) groups excluding carboxylic acids is 2. The number of aromatic nitrogens is 1. The predicted molar refractivity (Wildman–Crippen MR) is 102 cm³/mol. The summed E-state index contributed by atoms with van der Waals surface area (Å²) in [6, 6.07) is 3.44. The first-order valence-corrected chi connectivity index (χ1v) is 9.44. The zero-order chi connectivity index (χ0) is 24.9. The summed E-state index contributed by atoms with van der Waals surface area (Å²) in [6.45, 7) is 1.79. The predicted octanol–water partition coefficient (Wildman–Crippen LogP) is 2.48. The van der Waals surface area contributed by atoms with E-state index in [1.807, 2.05) is 0 Å². The van der Waals surface area contributed by atoms with Crippen LogP contribution in [-0.4, -0.2) is 34.8 Å². The van der Waals surface area contributed by atoms with Crippen molar-refractivity contribution in [3.8, 4) is 5.75 Å². The van der Waals surface area contributed by atoms with E-state index in [1.165, 1.54) is 0 Å². The van der Waals surface area contributed by atoms with E-state index in [-0.39, 0.29) is 10.4 Å². The number of phenolic OH excluding ortho intramolecular Hbond substituents is 1. The van der Waals surface area contributed by atoms with E-state index < -0.39 is 70.2 Å². The molecule has 178 valence electrons. The van der Waals surface area contributed by atoms with Crippen molar-refractivity contribution < 1.29 is 46.1 Å². The van der Waals surface area contributed by atoms with Gasteiger partial charge in [-0.3, -0.25) is 9.59 Å². The molecule has 1 aliphatic heterocycles. The van der Waals surface area contributed by atoms with Crippen LogP contribution in [0.2, 0.25) is 0 Å². The van der Waals surface area contributed by atoms with E-state index in [9.17, 15) is 41.9 Å². The number of alkyl halides is 3. The van der Waals surface area contributed by atoms with Gasteiger partial charge in [0.25, 0.3) is 11.6 Å². The number of ether oxygens (including phenoxy) is 1. The number of anilines is 1. The molecule has 33 heavy (non-hydrogen) atoms. The Morgan fingerprint density at radius 2 is 1.91 bits per heavy atom. The first-order valence-electron chi connectivity index (χ1n) is 9.44. The number of primary amides is 1. The molecule has 0 unspecified atom stereocenters. The zero-order valence-electron chi connectivity index (χ0n) is 17.1. The number of hydrogen-bond acceptors (Lipinski definition) is 5. The van der Waals surface area contributed by atoms with Crippen LogP contribution in [0.5, 0.6) is 5.75 Å². The Morgan fingerprint density at radius 1 is 1.27 bits per heavy atom. The Kier molecular flexibility index (Phi) is 5.96. The first-order chi connectivity index (χ1) is 15.2. The first kappa shape index (κ1) is 24.2. The average molecular weight is 475 g/mol. The molecule has 1 aliphatic rings. The van der Waals surface area contributed by atoms with Crippen LogP contribution in [-0.2, 0) is 9.53 Å². The molecule has 4 N–H and O–H groups in total. The number of phenols is 1. The summed E-state index contributed by atoms with van der Waals surface area (Å²) >= 11 is 0. The minimum Gasteiger partial charge on any atom is -0.618 e. The van der Waals surface area contributed by atoms with E-state index in [0.717, 1.165) is 31.3 Å². The van der Waals surface area contributed by atoms with Crippen LogP contribution < -0.4 is 15.8 Å². The number of pyridine rings is 1. The number of benzene rings is 1. The van der Waals surface area contributed by atoms with Crippen molar-refractivity contribution in [2.24, 2.45) is 11.7 Å². The zero-order valence-corrected chi connectivity index (χ0v) is 17.1. The minimum atomic E-state index is -4.96. The van der Waals surface area contributed by atoms with Gasteiger partial charge in [0, 0.05) is 29.5 Å². The average Bonchev–Trinajstić information content (AvgIpc) is 3.00. The summed E-state index contributed by atoms with van der Waals surface area (Å²) in [5.74, 6) is -9.71. The number of hydrogen-bond donors (Lipinski definition) is 3. The Morgan fingerprint density at radius 3 is 2.48 bits per heavy atom. The highest BCUT2D eigenvalue weighted by Crippen LogP contribution is 2.54. The summed E-state index contributed by atoms with van der Waals surface area (Å²) < 4.78 is 74.2. The number of carbonyl (C=O) groups is 2. The van der Waals surface area contributed by atoms with Crippen LogP contribution in [0.4, 0.5) is 27.6 Å². The van der Waals surface area contributed by atoms with Crippen molar-refractivity contribution in [2.75, 3.05) is 5.32 Å². The van der Waals surface area contributed by atoms with Crippen molar-refractivity contribution in [1.29, 1.82) is 0 Å². The van der Waals surface area contributed by atoms with Crippen molar-refractivity contribution in [2.45, 2.75) is 37.6 Å². The maximum atomic E-state index is 14.0. The highest BCUT2D eigenvalue weighted by atomic mass is 19.4. The summed E-state index contributed by atoms with van der Waals surface area (Å²) in [5, 5.41) is 23.9. The molecule has 8 nitrogen and oxygen atoms in total. The molecule has 2 aromatic rings. The molecule has 2 amide bonds. The summed E-state index contributed by atoms with van der Waals surface area (Å²) in [6.07, 6.45) is -6.04. The molecule has 1 fully saturated rings. The Labute approximate surface area is 183 Å². The van der Waals surface area contributed by atoms with E-state index in [2.05, 4.69) is 5.32 Å². The van der Waals surface area contributed by atoms with Crippen LogP contribution in [0.25, 0.3) is 0 Å². The number of nitrogens with zero attached hydrogens (tertiary/aromatic N) is 1. The lowest BCUT2D eigenvalue weighted by molar-refractivity contribution is -0.607. The Bertz CT molecular complexity index is 1130. The largest absolute Gasteiger partial charge is 0.618 e. The summed E-state index contributed by atoms with van der Waals surface area (Å²) in [4.78, 5) is 24.3. The fraction of sp³-hybridized carbons (Fsp3) is 0.350. The van der Waals surface area contributed by atoms with E-state index in [0.29, 0.717) is 13.0 Å². The van der Waals surface area contributed by atoms with Gasteiger partial charge in [-0.25, -0.2) is 4.39 Å². The maximum Gasteiger partial charge on any atom is 0.417 e. The van der Waals surface area contributed by atoms with E-state index in [4.69, 9.17) is 10.5 Å². The molecule has 0 saturated carbocycles. The summed E-state index contributed by atoms with van der Waals surface area (Å²) in [7, 11) is 0. The van der Waals surface area contributed by atoms with Gasteiger partial charge < -0.3 is 26.1 Å². The van der Waals surface area contributed by atoms with Gasteiger partial charge in [0.2, 0.25) is 5.82 Å². The number of aromatic hydroxyl groups is 1. The molecule has 1 aromatic carbocycles. The molecule has 0 radical (unpaired) electrons. The second-order valence-electron chi connectivity index (χ2n) is 7.74. The van der Waals surface area contributed by atoms with Crippen LogP contribution >= 0.6 is 0 Å². The molecule has 0 bridgehead atoms. The van der Waals surface area contributed by atoms with Crippen molar-refractivity contribution in [3.63, 3.8) is 0 Å². The standard InChI is InChI=1S/C20H18F5N3O5/c1-8-13(10-3-4-11(21)14(22)15(10)29)16(33-19(8,2)20(23,24)25)18(31)27-9-5-6-28(32)12(7-9)17(26)30/h3-8,13,16,29H,1-2H3,(H2,26,30)(H,27,31)/t8-,13-,16-,19+/m0/s1. The summed E-state index contributed by atoms with van der Waals surface area (Å²) in [5.41, 5.74) is 1.00. The van der Waals surface area contributed by atoms with Crippen molar-refractivity contribution in [3.05, 3.63) is 58.6 Å². The lowest BCUT2D eigenvalue weighted by Crippen LogP contribution is -2.47. The van der Waals surface area contributed by atoms with Crippen LogP contribution in [0.15, 0.2) is 30.5 Å². The number of nitrogens with two attached hydrogens (primary N) is 1. The van der Waals surface area contributed by atoms with Crippen LogP contribution in [0, 0.1) is 22.8 Å². The van der Waals surface area contributed by atoms with Gasteiger partial charge in [0.1, 0.15) is 6.10 Å². The van der Waals surface area contributed by atoms with Crippen molar-refractivity contribution >= 4 is 17.5 Å². The smallest absolute Gasteiger partial charge is 0.417 e. The van der Waals surface area contributed by atoms with Gasteiger partial charge in [-0.15, -0.1) is 0 Å². The maximum absolute atomic E-state index is 14.0. The quantitative estimate of drug-likeness (QED) is 0.356. The van der Waals surface area contributed by atoms with Gasteiger partial charge in [-0.05, 0) is 13.0 Å². The third-order valence-corrected chi connectivity index (χ3v) is 5.83. The molecule has 0 spiro atoms. The normalized spacial score (nSPS) is 25.1. The van der Waals surface area contributed by atoms with Crippen LogP contribution in [0.1, 0.15) is 35.8 Å². The van der Waals surface area contributed by atoms with Gasteiger partial charge in [-0.2, -0.15) is 22.3 Å². The number of amides is 2. The fourth-order valence-electron chi connectivity index (χ4n) is 3.81. The third-order valence-electron chi connectivity index (χ3n) is 5.83. The fourth-order valence-corrected chi connectivity index (χ4v) is 3.81. The molecular formula is C20H18F5N3O5. The molecule has 0 aliphatic carbocycles. The minimum absolute atomic E-state index is 0.120. The molecule has 4 atom stereocenters. The molecular weight excluding hydrogens is 457 g/mol. The number of nitrogens with one attached hydrogen (secondary N) is 1. The molecule has 1 aromatic heterocycles. The monoisotopic (exact) mass is 475 g/mol. The Balaban J connectivity index is 2.05. The highest BCUT2D eigenvalue weighted by Gasteiger charge is 2.65. The second kappa shape index (κ2) is 8.14. The van der Waals surface area contributed by atoms with E-state index >= 15 is 0 Å². The SMILES string of the molecule is C[C@H]1[C@@H](c2ccc(F)c(F)c2O)[C@@H](C(=O)Nc2cc[n+]([O-])c(C(N)=O)c2)O[C@@]1(C)C(F)(F)F. The van der Waals surface area contributed by atoms with Gasteiger partial charge in [0.15, 0.2) is 23.4 Å². The van der Waals surface area contributed by atoms with Crippen LogP contribution in [0.3, 0.4) is 0 Å². The molecule has 3 rings (SSSR count). The molecule has 13 heteroatoms. The van der Waals surface area contributed by atoms with Gasteiger partial charge in [-0.1, -0.05) is 13.0 Å². The van der Waals surface area contributed by atoms with Crippen molar-refractivity contribution in [1.82, 2.24) is 0 Å².